The first-order valence-corrected chi connectivity index (χ1v) is 4.65. The number of amides is 1. The van der Waals surface area contributed by atoms with Gasteiger partial charge in [0.1, 0.15) is 0 Å². The Morgan fingerprint density at radius 1 is 1.69 bits per heavy atom. The van der Waals surface area contributed by atoms with Crippen molar-refractivity contribution >= 4 is 5.91 Å². The van der Waals surface area contributed by atoms with E-state index < -0.39 is 0 Å². The van der Waals surface area contributed by atoms with Crippen LogP contribution in [-0.2, 0) is 4.79 Å². The summed E-state index contributed by atoms with van der Waals surface area (Å²) in [7, 11) is 0. The number of nitrogens with one attached hydrogen (secondary N) is 1. The smallest absolute Gasteiger partial charge is 0.224 e. The number of allylic oxidation sites excluding steroid dienone is 2. The highest BCUT2D eigenvalue weighted by molar-refractivity contribution is 5.79. The van der Waals surface area contributed by atoms with Crippen molar-refractivity contribution in [3.05, 3.63) is 12.2 Å². The molecule has 2 nitrogen and oxygen atoms in total. The van der Waals surface area contributed by atoms with Crippen molar-refractivity contribution in [2.45, 2.75) is 32.2 Å². The highest BCUT2D eigenvalue weighted by Gasteiger charge is 2.18. The van der Waals surface area contributed by atoms with Gasteiger partial charge in [-0.1, -0.05) is 18.1 Å². The molecule has 70 valence electrons. The van der Waals surface area contributed by atoms with Crippen LogP contribution >= 0.6 is 0 Å². The second kappa shape index (κ2) is 4.71. The summed E-state index contributed by atoms with van der Waals surface area (Å²) in [6, 6.07) is -0.154. The molecule has 0 heterocycles. The van der Waals surface area contributed by atoms with Gasteiger partial charge in [0, 0.05) is 5.92 Å². The third-order valence-corrected chi connectivity index (χ3v) is 2.25. The fourth-order valence-electron chi connectivity index (χ4n) is 1.40. The first-order chi connectivity index (χ1) is 6.24. The Bertz CT molecular complexity index is 249. The molecule has 0 aromatic rings. The Morgan fingerprint density at radius 3 is 3.00 bits per heavy atom. The van der Waals surface area contributed by atoms with Gasteiger partial charge in [-0.3, -0.25) is 4.79 Å². The van der Waals surface area contributed by atoms with E-state index in [1.807, 2.05) is 6.92 Å². The lowest BCUT2D eigenvalue weighted by Gasteiger charge is -2.18. The van der Waals surface area contributed by atoms with Crippen LogP contribution < -0.4 is 5.32 Å². The van der Waals surface area contributed by atoms with Gasteiger partial charge in [0.25, 0.3) is 0 Å². The number of hydrogen-bond donors (Lipinski definition) is 1. The van der Waals surface area contributed by atoms with Gasteiger partial charge in [0.2, 0.25) is 5.91 Å². The molecule has 0 radical (unpaired) electrons. The number of hydrogen-bond acceptors (Lipinski definition) is 1. The molecule has 2 heteroatoms. The van der Waals surface area contributed by atoms with Crippen LogP contribution in [0.4, 0.5) is 0 Å². The van der Waals surface area contributed by atoms with E-state index in [2.05, 4.69) is 23.4 Å². The zero-order valence-electron chi connectivity index (χ0n) is 7.92. The molecule has 0 spiro atoms. The summed E-state index contributed by atoms with van der Waals surface area (Å²) in [5.74, 6) is 2.70. The molecule has 2 atom stereocenters. The molecule has 2 unspecified atom stereocenters. The van der Waals surface area contributed by atoms with Gasteiger partial charge in [0.15, 0.2) is 0 Å². The minimum absolute atomic E-state index is 0.0924. The van der Waals surface area contributed by atoms with Crippen molar-refractivity contribution in [2.24, 2.45) is 5.92 Å². The van der Waals surface area contributed by atoms with Gasteiger partial charge >= 0.3 is 0 Å². The average Bonchev–Trinajstić information content (AvgIpc) is 2.19. The number of carbonyl (C=O) groups excluding carboxylic acids is 1. The average molecular weight is 177 g/mol. The molecular weight excluding hydrogens is 162 g/mol. The van der Waals surface area contributed by atoms with Gasteiger partial charge in [0.05, 0.1) is 6.04 Å². The summed E-state index contributed by atoms with van der Waals surface area (Å²) in [6.45, 7) is 1.82. The molecule has 13 heavy (non-hydrogen) atoms. The van der Waals surface area contributed by atoms with Crippen molar-refractivity contribution < 1.29 is 4.79 Å². The Kier molecular flexibility index (Phi) is 3.57. The molecule has 1 N–H and O–H groups in total. The fraction of sp³-hybridized carbons (Fsp3) is 0.545. The summed E-state index contributed by atoms with van der Waals surface area (Å²) in [6.07, 6.45) is 12.2. The minimum atomic E-state index is -0.154. The highest BCUT2D eigenvalue weighted by Crippen LogP contribution is 2.17. The number of terminal acetylenes is 1. The van der Waals surface area contributed by atoms with E-state index in [1.54, 1.807) is 0 Å². The molecule has 1 amide bonds. The molecular formula is C11H15NO. The predicted octanol–water partition coefficient (Wildman–Crippen LogP) is 1.48. The van der Waals surface area contributed by atoms with E-state index in [0.29, 0.717) is 0 Å². The summed E-state index contributed by atoms with van der Waals surface area (Å²) in [5.41, 5.74) is 0. The standard InChI is InChI=1S/C11H15NO/c1-3-9(2)12-11(13)10-7-5-4-6-8-10/h1,4-5,9-10H,6-8H2,2H3,(H,12,13). The van der Waals surface area contributed by atoms with Crippen LogP contribution in [0.15, 0.2) is 12.2 Å². The van der Waals surface area contributed by atoms with Crippen molar-refractivity contribution in [3.8, 4) is 12.3 Å². The maximum Gasteiger partial charge on any atom is 0.224 e. The minimum Gasteiger partial charge on any atom is -0.343 e. The molecule has 0 bridgehead atoms. The molecule has 1 aliphatic rings. The quantitative estimate of drug-likeness (QED) is 0.502. The maximum atomic E-state index is 11.5. The molecule has 1 aliphatic carbocycles. The molecule has 0 aromatic heterocycles. The Hall–Kier alpha value is -1.23. The first kappa shape index (κ1) is 9.85. The zero-order chi connectivity index (χ0) is 9.68. The van der Waals surface area contributed by atoms with Crippen LogP contribution in [0.25, 0.3) is 0 Å². The normalized spacial score (nSPS) is 23.2. The summed E-state index contributed by atoms with van der Waals surface area (Å²) in [4.78, 5) is 11.5. The van der Waals surface area contributed by atoms with Gasteiger partial charge in [-0.2, -0.15) is 0 Å². The fourth-order valence-corrected chi connectivity index (χ4v) is 1.40. The zero-order valence-corrected chi connectivity index (χ0v) is 7.92. The second-order valence-corrected chi connectivity index (χ2v) is 3.38. The summed E-state index contributed by atoms with van der Waals surface area (Å²) in [5, 5.41) is 2.79. The highest BCUT2D eigenvalue weighted by atomic mass is 16.1. The van der Waals surface area contributed by atoms with Crippen LogP contribution in [0.1, 0.15) is 26.2 Å². The molecule has 0 saturated carbocycles. The van der Waals surface area contributed by atoms with Gasteiger partial charge in [-0.15, -0.1) is 6.42 Å². The number of rotatable bonds is 2. The second-order valence-electron chi connectivity index (χ2n) is 3.38. The van der Waals surface area contributed by atoms with E-state index in [0.717, 1.165) is 19.3 Å². The largest absolute Gasteiger partial charge is 0.343 e. The van der Waals surface area contributed by atoms with Crippen LogP contribution in [0.2, 0.25) is 0 Å². The summed E-state index contributed by atoms with van der Waals surface area (Å²) < 4.78 is 0. The molecule has 0 aliphatic heterocycles. The van der Waals surface area contributed by atoms with E-state index >= 15 is 0 Å². The third-order valence-electron chi connectivity index (χ3n) is 2.25. The van der Waals surface area contributed by atoms with Gasteiger partial charge in [-0.25, -0.2) is 0 Å². The Balaban J connectivity index is 2.39. The van der Waals surface area contributed by atoms with Crippen LogP contribution in [0.3, 0.4) is 0 Å². The lowest BCUT2D eigenvalue weighted by molar-refractivity contribution is -0.125. The predicted molar refractivity (Wildman–Crippen MR) is 52.9 cm³/mol. The lowest BCUT2D eigenvalue weighted by Crippen LogP contribution is -2.36. The number of carbonyl (C=O) groups is 1. The van der Waals surface area contributed by atoms with E-state index in [-0.39, 0.29) is 17.9 Å². The van der Waals surface area contributed by atoms with Crippen LogP contribution in [-0.4, -0.2) is 11.9 Å². The van der Waals surface area contributed by atoms with Crippen molar-refractivity contribution in [3.63, 3.8) is 0 Å². The first-order valence-electron chi connectivity index (χ1n) is 4.65. The van der Waals surface area contributed by atoms with E-state index in [1.165, 1.54) is 0 Å². The SMILES string of the molecule is C#CC(C)NC(=O)C1CC=CCC1. The monoisotopic (exact) mass is 177 g/mol. The molecule has 0 aromatic carbocycles. The van der Waals surface area contributed by atoms with Gasteiger partial charge in [-0.05, 0) is 26.2 Å². The Morgan fingerprint density at radius 2 is 2.46 bits per heavy atom. The molecule has 1 rings (SSSR count). The molecule has 0 fully saturated rings. The topological polar surface area (TPSA) is 29.1 Å². The van der Waals surface area contributed by atoms with E-state index in [4.69, 9.17) is 6.42 Å². The lowest BCUT2D eigenvalue weighted by atomic mass is 9.93. The maximum absolute atomic E-state index is 11.5. The van der Waals surface area contributed by atoms with E-state index in [9.17, 15) is 4.79 Å². The van der Waals surface area contributed by atoms with Gasteiger partial charge < -0.3 is 5.32 Å². The van der Waals surface area contributed by atoms with Crippen molar-refractivity contribution in [1.29, 1.82) is 0 Å². The van der Waals surface area contributed by atoms with Crippen LogP contribution in [0.5, 0.6) is 0 Å². The molecule has 0 saturated heterocycles. The van der Waals surface area contributed by atoms with Crippen molar-refractivity contribution in [2.75, 3.05) is 0 Å². The third kappa shape index (κ3) is 2.95. The Labute approximate surface area is 79.4 Å². The summed E-state index contributed by atoms with van der Waals surface area (Å²) >= 11 is 0. The van der Waals surface area contributed by atoms with Crippen LogP contribution in [0, 0.1) is 18.3 Å². The van der Waals surface area contributed by atoms with Crippen molar-refractivity contribution in [1.82, 2.24) is 5.32 Å².